The minimum Gasteiger partial charge on any atom is -0.397 e. The van der Waals surface area contributed by atoms with Gasteiger partial charge < -0.3 is 10.8 Å². The third-order valence-electron chi connectivity index (χ3n) is 1.82. The van der Waals surface area contributed by atoms with Crippen LogP contribution in [0.4, 0.5) is 5.69 Å². The van der Waals surface area contributed by atoms with E-state index >= 15 is 0 Å². The van der Waals surface area contributed by atoms with Crippen LogP contribution in [0.2, 0.25) is 0 Å². The maximum absolute atomic E-state index is 11.3. The number of halogens is 5. The van der Waals surface area contributed by atoms with Gasteiger partial charge in [-0.05, 0) is 79.4 Å². The van der Waals surface area contributed by atoms with Gasteiger partial charge in [0.25, 0.3) is 5.24 Å². The Hall–Kier alpha value is 1.42. The first kappa shape index (κ1) is 15.5. The Morgan fingerprint density at radius 2 is 1.75 bits per heavy atom. The van der Waals surface area contributed by atoms with Gasteiger partial charge in [-0.25, -0.2) is 0 Å². The lowest BCUT2D eigenvalue weighted by atomic mass is 10.1. The second-order valence-electron chi connectivity index (χ2n) is 2.75. The van der Waals surface area contributed by atoms with E-state index in [1.165, 1.54) is 0 Å². The van der Waals surface area contributed by atoms with Gasteiger partial charge in [0.15, 0.2) is 5.56 Å². The number of benzene rings is 1. The SMILES string of the molecule is Nc1c(I)c(C(=O)Cl)c(I)c(C(O)Cl)c1I. The number of rotatable bonds is 2. The van der Waals surface area contributed by atoms with Crippen molar-refractivity contribution in [2.75, 3.05) is 5.73 Å². The molecule has 3 N–H and O–H groups in total. The van der Waals surface area contributed by atoms with Crippen LogP contribution >= 0.6 is 91.0 Å². The van der Waals surface area contributed by atoms with Crippen LogP contribution in [0.15, 0.2) is 0 Å². The molecule has 0 heterocycles. The summed E-state index contributed by atoms with van der Waals surface area (Å²) in [5.41, 5.74) is 5.73. The van der Waals surface area contributed by atoms with Crippen LogP contribution in [0.1, 0.15) is 21.5 Å². The van der Waals surface area contributed by atoms with Crippen LogP contribution in [-0.4, -0.2) is 10.3 Å². The van der Waals surface area contributed by atoms with E-state index in [-0.39, 0.29) is 5.56 Å². The summed E-state index contributed by atoms with van der Waals surface area (Å²) < 4.78 is 1.74. The molecule has 0 spiro atoms. The molecule has 16 heavy (non-hydrogen) atoms. The summed E-state index contributed by atoms with van der Waals surface area (Å²) >= 11 is 17.0. The predicted molar refractivity (Wildman–Crippen MR) is 90.0 cm³/mol. The Bertz CT molecular complexity index is 465. The van der Waals surface area contributed by atoms with E-state index in [4.69, 9.17) is 28.9 Å². The average molecular weight is 598 g/mol. The van der Waals surface area contributed by atoms with Gasteiger partial charge in [-0.3, -0.25) is 4.79 Å². The van der Waals surface area contributed by atoms with Crippen molar-refractivity contribution >= 4 is 102 Å². The second kappa shape index (κ2) is 6.04. The molecule has 0 aromatic heterocycles. The summed E-state index contributed by atoms with van der Waals surface area (Å²) in [6.45, 7) is 0. The number of hydrogen-bond donors (Lipinski definition) is 2. The molecule has 0 aliphatic heterocycles. The van der Waals surface area contributed by atoms with Gasteiger partial charge in [-0.2, -0.15) is 0 Å². The lowest BCUT2D eigenvalue weighted by molar-refractivity contribution is 0.107. The number of nitrogens with two attached hydrogens (primary N) is 1. The van der Waals surface area contributed by atoms with Crippen molar-refractivity contribution in [1.82, 2.24) is 0 Å². The molecule has 0 amide bonds. The van der Waals surface area contributed by atoms with Crippen molar-refractivity contribution in [2.24, 2.45) is 0 Å². The van der Waals surface area contributed by atoms with Gasteiger partial charge in [-0.1, -0.05) is 11.6 Å². The zero-order valence-corrected chi connectivity index (χ0v) is 15.4. The quantitative estimate of drug-likeness (QED) is 0.237. The molecular formula is C8H4Cl2I3NO2. The Morgan fingerprint density at radius 1 is 1.25 bits per heavy atom. The molecule has 1 atom stereocenters. The summed E-state index contributed by atoms with van der Waals surface area (Å²) in [6.07, 6.45) is 0. The summed E-state index contributed by atoms with van der Waals surface area (Å²) in [5.74, 6) is 0. The van der Waals surface area contributed by atoms with Crippen molar-refractivity contribution in [3.8, 4) is 0 Å². The van der Waals surface area contributed by atoms with Crippen molar-refractivity contribution in [3.63, 3.8) is 0 Å². The molecule has 0 fully saturated rings. The van der Waals surface area contributed by atoms with Crippen molar-refractivity contribution in [3.05, 3.63) is 21.8 Å². The lowest BCUT2D eigenvalue weighted by Gasteiger charge is -2.16. The second-order valence-corrected chi connectivity index (χ2v) is 6.75. The van der Waals surface area contributed by atoms with E-state index in [1.807, 2.05) is 67.8 Å². The number of nitrogen functional groups attached to an aromatic ring is 1. The van der Waals surface area contributed by atoms with E-state index in [9.17, 15) is 9.90 Å². The van der Waals surface area contributed by atoms with Gasteiger partial charge in [0.05, 0.1) is 14.8 Å². The molecule has 0 aliphatic carbocycles. The van der Waals surface area contributed by atoms with Crippen molar-refractivity contribution < 1.29 is 9.90 Å². The average Bonchev–Trinajstić information content (AvgIpc) is 2.13. The highest BCUT2D eigenvalue weighted by Crippen LogP contribution is 2.38. The molecular weight excluding hydrogens is 594 g/mol. The van der Waals surface area contributed by atoms with Gasteiger partial charge in [-0.15, -0.1) is 0 Å². The molecule has 88 valence electrons. The predicted octanol–water partition coefficient (Wildman–Crippen LogP) is 3.69. The van der Waals surface area contributed by atoms with E-state index in [0.717, 1.165) is 0 Å². The first-order valence-corrected chi connectivity index (χ1v) is 7.81. The Labute approximate surface area is 143 Å². The maximum atomic E-state index is 11.3. The highest BCUT2D eigenvalue weighted by atomic mass is 127. The van der Waals surface area contributed by atoms with Crippen LogP contribution < -0.4 is 5.73 Å². The number of carbonyl (C=O) groups excluding carboxylic acids is 1. The van der Waals surface area contributed by atoms with Crippen LogP contribution in [0.5, 0.6) is 0 Å². The van der Waals surface area contributed by atoms with Gasteiger partial charge in [0, 0.05) is 12.7 Å². The summed E-state index contributed by atoms with van der Waals surface area (Å²) in [4.78, 5) is 11.3. The highest BCUT2D eigenvalue weighted by Gasteiger charge is 2.24. The fraction of sp³-hybridized carbons (Fsp3) is 0.125. The standard InChI is InChI=1S/C8H4Cl2I3NO2/c9-7(15)1-3(11)2(8(10)16)5(13)6(14)4(1)12/h7,15H,14H2. The lowest BCUT2D eigenvalue weighted by Crippen LogP contribution is -2.10. The Balaban J connectivity index is 3.73. The third-order valence-corrected chi connectivity index (χ3v) is 5.63. The number of aliphatic hydroxyl groups is 1. The third kappa shape index (κ3) is 2.87. The summed E-state index contributed by atoms with van der Waals surface area (Å²) in [7, 11) is 0. The number of alkyl halides is 1. The largest absolute Gasteiger partial charge is 0.397 e. The molecule has 1 aromatic rings. The van der Waals surface area contributed by atoms with Crippen LogP contribution in [0.25, 0.3) is 0 Å². The molecule has 3 nitrogen and oxygen atoms in total. The first-order valence-electron chi connectivity index (χ1n) is 3.76. The maximum Gasteiger partial charge on any atom is 0.254 e. The Kier molecular flexibility index (Phi) is 5.84. The first-order chi connectivity index (χ1) is 7.29. The molecule has 1 unspecified atom stereocenters. The summed E-state index contributed by atoms with van der Waals surface area (Å²) in [6, 6.07) is 0. The van der Waals surface area contributed by atoms with Crippen molar-refractivity contribution in [1.29, 1.82) is 0 Å². The molecule has 8 heteroatoms. The molecule has 1 rings (SSSR count). The number of anilines is 1. The monoisotopic (exact) mass is 597 g/mol. The van der Waals surface area contributed by atoms with E-state index < -0.39 is 10.8 Å². The summed E-state index contributed by atoms with van der Waals surface area (Å²) in [5, 5.41) is 8.84. The van der Waals surface area contributed by atoms with Crippen molar-refractivity contribution in [2.45, 2.75) is 5.56 Å². The van der Waals surface area contributed by atoms with E-state index in [2.05, 4.69) is 0 Å². The van der Waals surface area contributed by atoms with Gasteiger partial charge >= 0.3 is 0 Å². The number of carbonyl (C=O) groups is 1. The van der Waals surface area contributed by atoms with Gasteiger partial charge in [0.2, 0.25) is 0 Å². The fourth-order valence-corrected chi connectivity index (χ4v) is 6.43. The minimum absolute atomic E-state index is 0.287. The van der Waals surface area contributed by atoms with Crippen LogP contribution in [-0.2, 0) is 0 Å². The molecule has 0 aliphatic rings. The van der Waals surface area contributed by atoms with Gasteiger partial charge in [0.1, 0.15) is 0 Å². The molecule has 0 saturated carbocycles. The molecule has 0 bridgehead atoms. The molecule has 1 aromatic carbocycles. The van der Waals surface area contributed by atoms with E-state index in [1.54, 1.807) is 0 Å². The highest BCUT2D eigenvalue weighted by molar-refractivity contribution is 14.1. The normalized spacial score (nSPS) is 12.6. The smallest absolute Gasteiger partial charge is 0.254 e. The fourth-order valence-electron chi connectivity index (χ4n) is 1.09. The molecule has 0 saturated heterocycles. The topological polar surface area (TPSA) is 63.3 Å². The molecule has 0 radical (unpaired) electrons. The Morgan fingerprint density at radius 3 is 2.12 bits per heavy atom. The zero-order valence-electron chi connectivity index (χ0n) is 7.40. The van der Waals surface area contributed by atoms with E-state index in [0.29, 0.717) is 22.0 Å². The minimum atomic E-state index is -1.21. The number of aliphatic hydroxyl groups excluding tert-OH is 1. The van der Waals surface area contributed by atoms with Crippen LogP contribution in [0, 0.1) is 10.7 Å². The zero-order chi connectivity index (χ0) is 12.6. The van der Waals surface area contributed by atoms with Crippen LogP contribution in [0.3, 0.4) is 0 Å². The number of hydrogen-bond acceptors (Lipinski definition) is 3.